The summed E-state index contributed by atoms with van der Waals surface area (Å²) in [6.07, 6.45) is 0. The Labute approximate surface area is 227 Å². The van der Waals surface area contributed by atoms with E-state index in [4.69, 9.17) is 4.42 Å². The van der Waals surface area contributed by atoms with E-state index in [-0.39, 0.29) is 0 Å². The van der Waals surface area contributed by atoms with E-state index in [1.54, 1.807) is 0 Å². The van der Waals surface area contributed by atoms with Crippen LogP contribution in [0.2, 0.25) is 0 Å². The lowest BCUT2D eigenvalue weighted by molar-refractivity contribution is 0.674. The van der Waals surface area contributed by atoms with E-state index >= 15 is 0 Å². The summed E-state index contributed by atoms with van der Waals surface area (Å²) in [6, 6.07) is 45.7. The predicted octanol–water partition coefficient (Wildman–Crippen LogP) is 10.7. The molecule has 6 aromatic carbocycles. The molecule has 0 saturated heterocycles. The number of nitrogens with zero attached hydrogens (tertiary/aromatic N) is 1. The minimum absolute atomic E-state index is 0.939. The molecule has 3 heterocycles. The van der Waals surface area contributed by atoms with Gasteiger partial charge < -0.3 is 8.98 Å². The predicted molar refractivity (Wildman–Crippen MR) is 166 cm³/mol. The van der Waals surface area contributed by atoms with Crippen molar-refractivity contribution in [2.45, 2.75) is 0 Å². The zero-order valence-electron chi connectivity index (χ0n) is 20.9. The van der Waals surface area contributed by atoms with E-state index in [9.17, 15) is 0 Å². The molecule has 0 N–H and O–H groups in total. The minimum Gasteiger partial charge on any atom is -0.455 e. The lowest BCUT2D eigenvalue weighted by atomic mass is 10.0. The smallest absolute Gasteiger partial charge is 0.144 e. The molecule has 0 atom stereocenters. The van der Waals surface area contributed by atoms with Gasteiger partial charge in [0, 0.05) is 53.0 Å². The van der Waals surface area contributed by atoms with E-state index in [0.29, 0.717) is 0 Å². The molecule has 9 aromatic rings. The summed E-state index contributed by atoms with van der Waals surface area (Å²) in [4.78, 5) is 0. The highest BCUT2D eigenvalue weighted by molar-refractivity contribution is 7.26. The third kappa shape index (κ3) is 2.91. The van der Waals surface area contributed by atoms with Crippen LogP contribution in [-0.2, 0) is 0 Å². The second-order valence-corrected chi connectivity index (χ2v) is 11.2. The number of thiophene rings is 1. The Morgan fingerprint density at radius 3 is 1.97 bits per heavy atom. The van der Waals surface area contributed by atoms with Crippen molar-refractivity contribution in [2.24, 2.45) is 0 Å². The number of rotatable bonds is 2. The SMILES string of the molecule is c1cc(-c2cccc3c2oc2c3ccc3sc4ccccc4c32)cc(-n2c3ccccc3c3ccccc32)c1. The van der Waals surface area contributed by atoms with Crippen LogP contribution in [0.25, 0.3) is 80.7 Å². The van der Waals surface area contributed by atoms with E-state index in [1.807, 2.05) is 11.3 Å². The molecule has 0 radical (unpaired) electrons. The molecule has 3 heteroatoms. The van der Waals surface area contributed by atoms with Gasteiger partial charge in [-0.15, -0.1) is 11.3 Å². The third-order valence-corrected chi connectivity index (χ3v) is 9.14. The summed E-state index contributed by atoms with van der Waals surface area (Å²) in [5.41, 5.74) is 7.74. The monoisotopic (exact) mass is 515 g/mol. The van der Waals surface area contributed by atoms with Crippen LogP contribution < -0.4 is 0 Å². The molecule has 0 unspecified atom stereocenters. The first kappa shape index (κ1) is 21.1. The van der Waals surface area contributed by atoms with Gasteiger partial charge in [0.05, 0.1) is 11.0 Å². The molecule has 0 fully saturated rings. The summed E-state index contributed by atoms with van der Waals surface area (Å²) in [7, 11) is 0. The molecular formula is C36H21NOS. The van der Waals surface area contributed by atoms with Crippen molar-refractivity contribution in [1.29, 1.82) is 0 Å². The molecule has 182 valence electrons. The summed E-state index contributed by atoms with van der Waals surface area (Å²) in [6.45, 7) is 0. The Hall–Kier alpha value is -4.86. The lowest BCUT2D eigenvalue weighted by Gasteiger charge is -2.10. The maximum atomic E-state index is 6.79. The van der Waals surface area contributed by atoms with Gasteiger partial charge in [0.15, 0.2) is 0 Å². The molecule has 0 bridgehead atoms. The fraction of sp³-hybridized carbons (Fsp3) is 0. The highest BCUT2D eigenvalue weighted by Gasteiger charge is 2.18. The van der Waals surface area contributed by atoms with Crippen LogP contribution in [0.5, 0.6) is 0 Å². The van der Waals surface area contributed by atoms with Crippen LogP contribution in [0.15, 0.2) is 132 Å². The Balaban J connectivity index is 1.31. The van der Waals surface area contributed by atoms with E-state index in [0.717, 1.165) is 33.4 Å². The summed E-state index contributed by atoms with van der Waals surface area (Å²) >= 11 is 1.83. The van der Waals surface area contributed by atoms with Crippen molar-refractivity contribution < 1.29 is 4.42 Å². The maximum Gasteiger partial charge on any atom is 0.144 e. The molecule has 9 rings (SSSR count). The average Bonchev–Trinajstić information content (AvgIpc) is 3.66. The van der Waals surface area contributed by atoms with E-state index < -0.39 is 0 Å². The normalized spacial score (nSPS) is 12.1. The quantitative estimate of drug-likeness (QED) is 0.224. The number of para-hydroxylation sites is 3. The number of furan rings is 1. The van der Waals surface area contributed by atoms with Crippen LogP contribution in [0.3, 0.4) is 0 Å². The van der Waals surface area contributed by atoms with Gasteiger partial charge in [0.2, 0.25) is 0 Å². The number of aromatic nitrogens is 1. The molecule has 0 amide bonds. The van der Waals surface area contributed by atoms with Crippen molar-refractivity contribution in [2.75, 3.05) is 0 Å². The standard InChI is InChI=1S/C36H21NOS/c1-4-16-30-25(11-1)26-12-2-5-17-31(26)37(30)23-10-7-9-22(21-23)24-14-8-15-27-28-19-20-33-34(36(28)38-35(24)27)29-13-3-6-18-32(29)39-33/h1-21H. The summed E-state index contributed by atoms with van der Waals surface area (Å²) in [5, 5.41) is 7.34. The first-order valence-corrected chi connectivity index (χ1v) is 14.0. The molecule has 0 aliphatic heterocycles. The van der Waals surface area contributed by atoms with Crippen LogP contribution in [-0.4, -0.2) is 4.57 Å². The van der Waals surface area contributed by atoms with Gasteiger partial charge in [0.25, 0.3) is 0 Å². The molecule has 2 nitrogen and oxygen atoms in total. The number of benzene rings is 6. The molecule has 3 aromatic heterocycles. The lowest BCUT2D eigenvalue weighted by Crippen LogP contribution is -1.94. The summed E-state index contributed by atoms with van der Waals surface area (Å²) < 4.78 is 11.7. The zero-order valence-corrected chi connectivity index (χ0v) is 21.7. The van der Waals surface area contributed by atoms with Gasteiger partial charge in [-0.25, -0.2) is 0 Å². The molecular weight excluding hydrogens is 494 g/mol. The van der Waals surface area contributed by atoms with Gasteiger partial charge in [-0.1, -0.05) is 84.9 Å². The van der Waals surface area contributed by atoms with Gasteiger partial charge in [-0.2, -0.15) is 0 Å². The fourth-order valence-electron chi connectivity index (χ4n) is 6.31. The van der Waals surface area contributed by atoms with Crippen LogP contribution in [0, 0.1) is 0 Å². The van der Waals surface area contributed by atoms with Gasteiger partial charge >= 0.3 is 0 Å². The number of hydrogen-bond donors (Lipinski definition) is 0. The Kier molecular flexibility index (Phi) is 4.24. The topological polar surface area (TPSA) is 18.1 Å². The summed E-state index contributed by atoms with van der Waals surface area (Å²) in [5.74, 6) is 0. The molecule has 39 heavy (non-hydrogen) atoms. The van der Waals surface area contributed by atoms with Gasteiger partial charge in [0.1, 0.15) is 11.2 Å². The van der Waals surface area contributed by atoms with Crippen molar-refractivity contribution in [3.63, 3.8) is 0 Å². The van der Waals surface area contributed by atoms with Crippen LogP contribution in [0.1, 0.15) is 0 Å². The van der Waals surface area contributed by atoms with Crippen molar-refractivity contribution in [3.8, 4) is 16.8 Å². The fourth-order valence-corrected chi connectivity index (χ4v) is 7.41. The largest absolute Gasteiger partial charge is 0.455 e. The van der Waals surface area contributed by atoms with E-state index in [2.05, 4.69) is 132 Å². The molecule has 0 aliphatic carbocycles. The van der Waals surface area contributed by atoms with Gasteiger partial charge in [-0.05, 0) is 48.0 Å². The molecule has 0 spiro atoms. The Morgan fingerprint density at radius 2 is 1.15 bits per heavy atom. The van der Waals surface area contributed by atoms with Crippen molar-refractivity contribution >= 4 is 75.3 Å². The number of hydrogen-bond acceptors (Lipinski definition) is 2. The zero-order chi connectivity index (χ0) is 25.5. The highest BCUT2D eigenvalue weighted by Crippen LogP contribution is 2.44. The number of fused-ring (bicyclic) bond motifs is 10. The second-order valence-electron chi connectivity index (χ2n) is 10.1. The second kappa shape index (κ2) is 7.83. The van der Waals surface area contributed by atoms with Crippen LogP contribution >= 0.6 is 11.3 Å². The van der Waals surface area contributed by atoms with Crippen molar-refractivity contribution in [1.82, 2.24) is 4.57 Å². The first-order valence-electron chi connectivity index (χ1n) is 13.2. The third-order valence-electron chi connectivity index (χ3n) is 8.00. The molecule has 0 saturated carbocycles. The van der Waals surface area contributed by atoms with Crippen LogP contribution in [0.4, 0.5) is 0 Å². The van der Waals surface area contributed by atoms with Gasteiger partial charge in [-0.3, -0.25) is 0 Å². The molecule has 0 aliphatic rings. The first-order chi connectivity index (χ1) is 19.3. The highest BCUT2D eigenvalue weighted by atomic mass is 32.1. The Morgan fingerprint density at radius 1 is 0.487 bits per heavy atom. The van der Waals surface area contributed by atoms with Crippen molar-refractivity contribution in [3.05, 3.63) is 127 Å². The Bertz CT molecular complexity index is 2350. The average molecular weight is 516 g/mol. The minimum atomic E-state index is 0.939. The van der Waals surface area contributed by atoms with E-state index in [1.165, 1.54) is 47.4 Å². The maximum absolute atomic E-state index is 6.79.